The quantitative estimate of drug-likeness (QED) is 0.306. The zero-order chi connectivity index (χ0) is 27.6. The maximum absolute atomic E-state index is 13.2. The largest absolute Gasteiger partial charge is 0.464 e. The number of hydrogen-bond acceptors (Lipinski definition) is 9. The van der Waals surface area contributed by atoms with Crippen molar-refractivity contribution in [2.75, 3.05) is 13.7 Å². The third-order valence-corrected chi connectivity index (χ3v) is 5.67. The molecule has 0 aliphatic carbocycles. The van der Waals surface area contributed by atoms with Crippen LogP contribution in [0.15, 0.2) is 10.7 Å². The number of nitrogens with zero attached hydrogens (tertiary/aromatic N) is 1. The first kappa shape index (κ1) is 30.9. The van der Waals surface area contributed by atoms with Gasteiger partial charge in [0.05, 0.1) is 13.7 Å². The van der Waals surface area contributed by atoms with Crippen LogP contribution in [0.25, 0.3) is 0 Å². The van der Waals surface area contributed by atoms with Crippen LogP contribution in [0.3, 0.4) is 0 Å². The second-order valence-corrected chi connectivity index (χ2v) is 9.69. The maximum atomic E-state index is 13.2. The van der Waals surface area contributed by atoms with Gasteiger partial charge in [-0.25, -0.2) is 14.6 Å². The molecule has 0 spiro atoms. The lowest BCUT2D eigenvalue weighted by Crippen LogP contribution is -2.58. The normalized spacial score (nSPS) is 15.6. The monoisotopic (exact) mass is 512 g/mol. The molecular formula is C24H40N4O8. The predicted octanol–water partition coefficient (Wildman–Crippen LogP) is 2.08. The molecule has 1 heterocycles. The van der Waals surface area contributed by atoms with Crippen molar-refractivity contribution in [3.05, 3.63) is 17.8 Å². The first-order chi connectivity index (χ1) is 16.8. The van der Waals surface area contributed by atoms with Gasteiger partial charge in [0, 0.05) is 0 Å². The van der Waals surface area contributed by atoms with Crippen LogP contribution < -0.4 is 16.0 Å². The third-order valence-electron chi connectivity index (χ3n) is 5.67. The second-order valence-electron chi connectivity index (χ2n) is 9.69. The van der Waals surface area contributed by atoms with Crippen LogP contribution in [0.4, 0.5) is 4.79 Å². The van der Waals surface area contributed by atoms with E-state index in [1.165, 1.54) is 7.11 Å². The molecule has 1 rings (SSSR count). The number of amides is 3. The summed E-state index contributed by atoms with van der Waals surface area (Å²) in [6.07, 6.45) is 1.47. The van der Waals surface area contributed by atoms with Gasteiger partial charge >= 0.3 is 12.1 Å². The minimum Gasteiger partial charge on any atom is -0.464 e. The minimum absolute atomic E-state index is 0.0930. The Balaban J connectivity index is 3.07. The molecule has 0 aliphatic heterocycles. The fourth-order valence-electron chi connectivity index (χ4n) is 3.17. The summed E-state index contributed by atoms with van der Waals surface area (Å²) in [5, 5.41) is 17.7. The lowest BCUT2D eigenvalue weighted by Gasteiger charge is -2.30. The first-order valence-electron chi connectivity index (χ1n) is 12.0. The Kier molecular flexibility index (Phi) is 11.8. The molecule has 36 heavy (non-hydrogen) atoms. The number of hydrogen-bond donors (Lipinski definition) is 4. The zero-order valence-corrected chi connectivity index (χ0v) is 22.3. The van der Waals surface area contributed by atoms with Gasteiger partial charge < -0.3 is 34.9 Å². The van der Waals surface area contributed by atoms with E-state index in [0.717, 1.165) is 6.26 Å². The van der Waals surface area contributed by atoms with E-state index in [2.05, 4.69) is 25.7 Å². The highest BCUT2D eigenvalue weighted by atomic mass is 16.6. The molecule has 5 atom stereocenters. The highest BCUT2D eigenvalue weighted by molar-refractivity contribution is 5.92. The molecule has 3 amide bonds. The van der Waals surface area contributed by atoms with Gasteiger partial charge in [0.2, 0.25) is 17.7 Å². The second kappa shape index (κ2) is 13.8. The molecule has 0 unspecified atom stereocenters. The van der Waals surface area contributed by atoms with Crippen LogP contribution in [0.2, 0.25) is 0 Å². The number of alkyl carbamates (subject to hydrolysis) is 1. The average molecular weight is 513 g/mol. The number of methoxy groups -OCH3 is 1. The van der Waals surface area contributed by atoms with Crippen molar-refractivity contribution >= 4 is 23.9 Å². The Morgan fingerprint density at radius 2 is 1.53 bits per heavy atom. The molecule has 0 saturated heterocycles. The summed E-state index contributed by atoms with van der Waals surface area (Å²) in [4.78, 5) is 54.3. The van der Waals surface area contributed by atoms with E-state index in [4.69, 9.17) is 9.15 Å². The lowest BCUT2D eigenvalue weighted by atomic mass is 9.95. The smallest absolute Gasteiger partial charge is 0.408 e. The van der Waals surface area contributed by atoms with E-state index in [1.807, 2.05) is 20.8 Å². The Morgan fingerprint density at radius 3 is 2.00 bits per heavy atom. The van der Waals surface area contributed by atoms with E-state index in [-0.39, 0.29) is 23.4 Å². The Hall–Kier alpha value is -3.15. The fourth-order valence-corrected chi connectivity index (χ4v) is 3.17. The number of carbonyl (C=O) groups is 4. The number of nitrogens with one attached hydrogen (secondary N) is 3. The van der Waals surface area contributed by atoms with Crippen LogP contribution in [-0.2, 0) is 19.1 Å². The van der Waals surface area contributed by atoms with Gasteiger partial charge in [0.1, 0.15) is 30.0 Å². The molecular weight excluding hydrogens is 472 g/mol. The summed E-state index contributed by atoms with van der Waals surface area (Å²) in [6.45, 7) is 11.9. The highest BCUT2D eigenvalue weighted by Crippen LogP contribution is 2.17. The van der Waals surface area contributed by atoms with Crippen molar-refractivity contribution in [3.63, 3.8) is 0 Å². The van der Waals surface area contributed by atoms with Gasteiger partial charge in [-0.3, -0.25) is 9.59 Å². The van der Waals surface area contributed by atoms with Crippen molar-refractivity contribution in [3.8, 4) is 0 Å². The van der Waals surface area contributed by atoms with Gasteiger partial charge in [-0.15, -0.1) is 0 Å². The first-order valence-corrected chi connectivity index (χ1v) is 12.0. The molecule has 1 aromatic rings. The van der Waals surface area contributed by atoms with Gasteiger partial charge in [0.15, 0.2) is 5.69 Å². The van der Waals surface area contributed by atoms with Crippen molar-refractivity contribution in [2.45, 2.75) is 85.0 Å². The topological polar surface area (TPSA) is 169 Å². The standard InChI is InChI=1S/C24H40N4O8/c1-9-13(3)17(19(30)25-15(11-29)21-26-16(12-35-21)22(32)34-8)27-20(31)18(14(4)10-2)28-23(33)36-24(5,6)7/h12-15,17-18,29H,9-11H2,1-8H3,(H,25,30)(H,27,31)(H,28,33)/t13-,14-,15-,17-,18-/m0/s1. The molecule has 204 valence electrons. The van der Waals surface area contributed by atoms with Gasteiger partial charge in [-0.2, -0.15) is 0 Å². The molecule has 0 aromatic carbocycles. The minimum atomic E-state index is -1.07. The molecule has 0 fully saturated rings. The number of oxazole rings is 1. The maximum Gasteiger partial charge on any atom is 0.408 e. The summed E-state index contributed by atoms with van der Waals surface area (Å²) in [6, 6.07) is -2.99. The fraction of sp³-hybridized carbons (Fsp3) is 0.708. The number of rotatable bonds is 12. The van der Waals surface area contributed by atoms with E-state index >= 15 is 0 Å². The molecule has 1 aromatic heterocycles. The third kappa shape index (κ3) is 9.14. The summed E-state index contributed by atoms with van der Waals surface area (Å²) in [5.41, 5.74) is -0.858. The van der Waals surface area contributed by atoms with E-state index in [0.29, 0.717) is 12.8 Å². The molecule has 0 saturated carbocycles. The predicted molar refractivity (Wildman–Crippen MR) is 130 cm³/mol. The molecule has 4 N–H and O–H groups in total. The Labute approximate surface area is 211 Å². The van der Waals surface area contributed by atoms with E-state index in [1.54, 1.807) is 27.7 Å². The number of aliphatic hydroxyl groups excluding tert-OH is 1. The Bertz CT molecular complexity index is 895. The average Bonchev–Trinajstić information content (AvgIpc) is 3.31. The number of aromatic nitrogens is 1. The van der Waals surface area contributed by atoms with Crippen LogP contribution in [-0.4, -0.2) is 65.4 Å². The molecule has 12 nitrogen and oxygen atoms in total. The molecule has 12 heteroatoms. The van der Waals surface area contributed by atoms with Crippen molar-refractivity contribution < 1.29 is 38.2 Å². The van der Waals surface area contributed by atoms with Crippen LogP contribution in [0.1, 0.15) is 83.7 Å². The number of carbonyl (C=O) groups excluding carboxylic acids is 4. The SMILES string of the molecule is CC[C@H](C)[C@H](NC(=O)OC(C)(C)C)C(=O)N[C@H](C(=O)N[C@@H](CO)c1nc(C(=O)OC)co1)[C@@H](C)CC. The number of aliphatic hydroxyl groups is 1. The molecule has 0 radical (unpaired) electrons. The zero-order valence-electron chi connectivity index (χ0n) is 22.3. The Morgan fingerprint density at radius 1 is 1.00 bits per heavy atom. The van der Waals surface area contributed by atoms with Crippen molar-refractivity contribution in [2.24, 2.45) is 11.8 Å². The van der Waals surface area contributed by atoms with Crippen LogP contribution in [0, 0.1) is 11.8 Å². The van der Waals surface area contributed by atoms with Crippen molar-refractivity contribution in [1.82, 2.24) is 20.9 Å². The highest BCUT2D eigenvalue weighted by Gasteiger charge is 2.34. The van der Waals surface area contributed by atoms with Gasteiger partial charge in [0.25, 0.3) is 0 Å². The number of esters is 1. The molecule has 0 aliphatic rings. The van der Waals surface area contributed by atoms with Crippen molar-refractivity contribution in [1.29, 1.82) is 0 Å². The van der Waals surface area contributed by atoms with Gasteiger partial charge in [-0.1, -0.05) is 40.5 Å². The van der Waals surface area contributed by atoms with Gasteiger partial charge in [-0.05, 0) is 32.6 Å². The summed E-state index contributed by atoms with van der Waals surface area (Å²) in [7, 11) is 1.19. The van der Waals surface area contributed by atoms with E-state index < -0.39 is 54.2 Å². The summed E-state index contributed by atoms with van der Waals surface area (Å²) in [5.74, 6) is -2.49. The van der Waals surface area contributed by atoms with Crippen LogP contribution >= 0.6 is 0 Å². The summed E-state index contributed by atoms with van der Waals surface area (Å²) >= 11 is 0. The van der Waals surface area contributed by atoms with E-state index in [9.17, 15) is 24.3 Å². The van der Waals surface area contributed by atoms with Crippen LogP contribution in [0.5, 0.6) is 0 Å². The molecule has 0 bridgehead atoms. The summed E-state index contributed by atoms with van der Waals surface area (Å²) < 4.78 is 15.1. The number of ether oxygens (including phenoxy) is 2. The lowest BCUT2D eigenvalue weighted by molar-refractivity contribution is -0.132.